The van der Waals surface area contributed by atoms with Crippen LogP contribution in [0.25, 0.3) is 0 Å². The van der Waals surface area contributed by atoms with E-state index >= 15 is 0 Å². The van der Waals surface area contributed by atoms with Gasteiger partial charge in [0.1, 0.15) is 0 Å². The molecule has 1 atom stereocenters. The van der Waals surface area contributed by atoms with Gasteiger partial charge in [0.05, 0.1) is 38.4 Å². The number of rotatable bonds is 6. The van der Waals surface area contributed by atoms with Gasteiger partial charge in [-0.25, -0.2) is 4.21 Å². The Balaban J connectivity index is 1.98. The van der Waals surface area contributed by atoms with Gasteiger partial charge in [-0.2, -0.15) is 0 Å². The van der Waals surface area contributed by atoms with Crippen molar-refractivity contribution in [3.8, 4) is 0 Å². The normalized spacial score (nSPS) is 15.8. The lowest BCUT2D eigenvalue weighted by atomic mass is 10.1. The van der Waals surface area contributed by atoms with Gasteiger partial charge in [0.2, 0.25) is 0 Å². The first-order chi connectivity index (χ1) is 13.5. The van der Waals surface area contributed by atoms with Crippen molar-refractivity contribution >= 4 is 28.3 Å². The van der Waals surface area contributed by atoms with Crippen molar-refractivity contribution in [3.05, 3.63) is 53.6 Å². The Morgan fingerprint density at radius 2 is 1.86 bits per heavy atom. The lowest BCUT2D eigenvalue weighted by Gasteiger charge is -2.21. The third-order valence-corrected chi connectivity index (χ3v) is 6.05. The molecule has 0 fully saturated rings. The number of amides is 2. The second-order valence-electron chi connectivity index (χ2n) is 6.11. The summed E-state index contributed by atoms with van der Waals surface area (Å²) in [6.45, 7) is 2.40. The molecule has 1 N–H and O–H groups in total. The molecule has 0 spiro atoms. The van der Waals surface area contributed by atoms with Crippen LogP contribution in [0.2, 0.25) is 0 Å². The van der Waals surface area contributed by atoms with Crippen molar-refractivity contribution in [2.75, 3.05) is 32.2 Å². The molecule has 8 heteroatoms. The Kier molecular flexibility index (Phi) is 6.23. The highest BCUT2D eigenvalue weighted by molar-refractivity contribution is 7.85. The standard InChI is InChI=1S/C20H22N2O5S/c1-4-22-15-11-13(19(23)21-12-18(26-2)27-3)9-10-17(15)28(25)16-8-6-5-7-14(16)20(22)24/h5-11,18H,4,12H2,1-3H3,(H,21,23). The van der Waals surface area contributed by atoms with Gasteiger partial charge in [0.15, 0.2) is 6.29 Å². The first-order valence-corrected chi connectivity index (χ1v) is 9.97. The van der Waals surface area contributed by atoms with Crippen LogP contribution >= 0.6 is 0 Å². The number of hydrogen-bond donors (Lipinski definition) is 1. The Hall–Kier alpha value is -2.55. The molecule has 0 radical (unpaired) electrons. The maximum absolute atomic E-state index is 13.1. The molecule has 2 amide bonds. The van der Waals surface area contributed by atoms with Gasteiger partial charge in [-0.1, -0.05) is 12.1 Å². The zero-order chi connectivity index (χ0) is 20.3. The molecule has 0 aliphatic carbocycles. The molecule has 2 aromatic carbocycles. The molecular weight excluding hydrogens is 380 g/mol. The number of hydrogen-bond acceptors (Lipinski definition) is 5. The van der Waals surface area contributed by atoms with Crippen LogP contribution in [-0.4, -0.2) is 49.6 Å². The van der Waals surface area contributed by atoms with Gasteiger partial charge < -0.3 is 19.7 Å². The number of methoxy groups -OCH3 is 2. The van der Waals surface area contributed by atoms with E-state index in [9.17, 15) is 13.8 Å². The van der Waals surface area contributed by atoms with Crippen LogP contribution in [0.5, 0.6) is 0 Å². The molecule has 2 aromatic rings. The third kappa shape index (κ3) is 3.71. The molecule has 3 rings (SSSR count). The Labute approximate surface area is 166 Å². The lowest BCUT2D eigenvalue weighted by molar-refractivity contribution is -0.0974. The summed E-state index contributed by atoms with van der Waals surface area (Å²) in [4.78, 5) is 28.1. The first-order valence-electron chi connectivity index (χ1n) is 8.82. The van der Waals surface area contributed by atoms with Crippen LogP contribution in [0, 0.1) is 0 Å². The molecule has 0 bridgehead atoms. The minimum absolute atomic E-state index is 0.177. The molecule has 148 valence electrons. The molecule has 1 aliphatic rings. The van der Waals surface area contributed by atoms with Gasteiger partial charge in [-0.15, -0.1) is 0 Å². The fourth-order valence-corrected chi connectivity index (χ4v) is 4.40. The van der Waals surface area contributed by atoms with Crippen molar-refractivity contribution in [3.63, 3.8) is 0 Å². The maximum atomic E-state index is 13.1. The highest BCUT2D eigenvalue weighted by Crippen LogP contribution is 2.34. The predicted octanol–water partition coefficient (Wildman–Crippen LogP) is 2.18. The van der Waals surface area contributed by atoms with E-state index in [-0.39, 0.29) is 18.4 Å². The van der Waals surface area contributed by atoms with E-state index in [0.717, 1.165) is 0 Å². The van der Waals surface area contributed by atoms with Crippen LogP contribution in [0.4, 0.5) is 5.69 Å². The van der Waals surface area contributed by atoms with E-state index in [0.29, 0.717) is 33.2 Å². The number of anilines is 1. The van der Waals surface area contributed by atoms with Crippen LogP contribution in [0.15, 0.2) is 52.3 Å². The summed E-state index contributed by atoms with van der Waals surface area (Å²) in [6, 6.07) is 11.7. The van der Waals surface area contributed by atoms with Gasteiger partial charge in [-0.05, 0) is 37.3 Å². The van der Waals surface area contributed by atoms with Crippen molar-refractivity contribution < 1.29 is 23.3 Å². The Morgan fingerprint density at radius 1 is 1.14 bits per heavy atom. The van der Waals surface area contributed by atoms with Gasteiger partial charge >= 0.3 is 0 Å². The van der Waals surface area contributed by atoms with Crippen LogP contribution in [0.1, 0.15) is 27.6 Å². The highest BCUT2D eigenvalue weighted by Gasteiger charge is 2.30. The van der Waals surface area contributed by atoms with Crippen LogP contribution in [0.3, 0.4) is 0 Å². The summed E-state index contributed by atoms with van der Waals surface area (Å²) in [5, 5.41) is 2.73. The zero-order valence-corrected chi connectivity index (χ0v) is 16.7. The van der Waals surface area contributed by atoms with Gasteiger partial charge in [0, 0.05) is 26.3 Å². The summed E-state index contributed by atoms with van der Waals surface area (Å²) in [6.07, 6.45) is -0.555. The lowest BCUT2D eigenvalue weighted by Crippen LogP contribution is -2.34. The number of carbonyl (C=O) groups excluding carboxylic acids is 2. The summed E-state index contributed by atoms with van der Waals surface area (Å²) < 4.78 is 23.2. The topological polar surface area (TPSA) is 84.9 Å². The van der Waals surface area contributed by atoms with E-state index in [1.165, 1.54) is 14.2 Å². The number of fused-ring (bicyclic) bond motifs is 2. The van der Waals surface area contributed by atoms with Crippen molar-refractivity contribution in [1.82, 2.24) is 5.32 Å². The summed E-state index contributed by atoms with van der Waals surface area (Å²) >= 11 is 0. The first kappa shape index (κ1) is 20.2. The van der Waals surface area contributed by atoms with E-state index in [4.69, 9.17) is 9.47 Å². The molecule has 28 heavy (non-hydrogen) atoms. The van der Waals surface area contributed by atoms with Gasteiger partial charge in [-0.3, -0.25) is 9.59 Å². The SMILES string of the molecule is CCN1C(=O)c2ccccc2S(=O)c2ccc(C(=O)NCC(OC)OC)cc21. The van der Waals surface area contributed by atoms with Crippen molar-refractivity contribution in [2.24, 2.45) is 0 Å². The minimum Gasteiger partial charge on any atom is -0.354 e. The van der Waals surface area contributed by atoms with Gasteiger partial charge in [0.25, 0.3) is 11.8 Å². The maximum Gasteiger partial charge on any atom is 0.259 e. The molecule has 1 heterocycles. The largest absolute Gasteiger partial charge is 0.354 e. The minimum atomic E-state index is -1.52. The van der Waals surface area contributed by atoms with Crippen molar-refractivity contribution in [1.29, 1.82) is 0 Å². The third-order valence-electron chi connectivity index (χ3n) is 4.55. The fraction of sp³-hybridized carbons (Fsp3) is 0.300. The van der Waals surface area contributed by atoms with E-state index in [2.05, 4.69) is 5.32 Å². The molecule has 1 unspecified atom stereocenters. The Bertz CT molecular complexity index is 927. The smallest absolute Gasteiger partial charge is 0.259 e. The average molecular weight is 402 g/mol. The second kappa shape index (κ2) is 8.64. The number of carbonyl (C=O) groups is 2. The van der Waals surface area contributed by atoms with Crippen LogP contribution in [-0.2, 0) is 20.3 Å². The number of ether oxygens (including phenoxy) is 2. The number of nitrogens with one attached hydrogen (secondary N) is 1. The number of nitrogens with zero attached hydrogens (tertiary/aromatic N) is 1. The summed E-state index contributed by atoms with van der Waals surface area (Å²) in [7, 11) is 1.45. The van der Waals surface area contributed by atoms with E-state index in [1.807, 2.05) is 6.92 Å². The number of benzene rings is 2. The summed E-state index contributed by atoms with van der Waals surface area (Å²) in [5.74, 6) is -0.570. The Morgan fingerprint density at radius 3 is 2.54 bits per heavy atom. The zero-order valence-electron chi connectivity index (χ0n) is 15.9. The molecule has 0 saturated heterocycles. The monoisotopic (exact) mass is 402 g/mol. The van der Waals surface area contributed by atoms with Crippen molar-refractivity contribution in [2.45, 2.75) is 23.0 Å². The quantitative estimate of drug-likeness (QED) is 0.749. The highest BCUT2D eigenvalue weighted by atomic mass is 32.2. The van der Waals surface area contributed by atoms with E-state index < -0.39 is 17.1 Å². The second-order valence-corrected chi connectivity index (χ2v) is 7.52. The molecule has 0 aromatic heterocycles. The van der Waals surface area contributed by atoms with E-state index in [1.54, 1.807) is 47.4 Å². The fourth-order valence-electron chi connectivity index (χ4n) is 3.06. The average Bonchev–Trinajstić information content (AvgIpc) is 2.82. The molecule has 1 aliphatic heterocycles. The predicted molar refractivity (Wildman–Crippen MR) is 105 cm³/mol. The molecule has 7 nitrogen and oxygen atoms in total. The molecule has 0 saturated carbocycles. The summed E-state index contributed by atoms with van der Waals surface area (Å²) in [5.41, 5.74) is 1.25. The van der Waals surface area contributed by atoms with Crippen LogP contribution < -0.4 is 10.2 Å². The molecular formula is C20H22N2O5S.